The summed E-state index contributed by atoms with van der Waals surface area (Å²) in [4.78, 5) is 15.0. The van der Waals surface area contributed by atoms with Crippen molar-refractivity contribution in [2.24, 2.45) is 7.05 Å². The van der Waals surface area contributed by atoms with Crippen LogP contribution in [0.1, 0.15) is 65.8 Å². The Bertz CT molecular complexity index is 761. The maximum Gasteiger partial charge on any atom is 0.257 e. The Balaban J connectivity index is 1.65. The van der Waals surface area contributed by atoms with E-state index < -0.39 is 0 Å². The van der Waals surface area contributed by atoms with E-state index in [0.29, 0.717) is 5.56 Å². The fourth-order valence-electron chi connectivity index (χ4n) is 3.90. The molecule has 0 aromatic carbocycles. The summed E-state index contributed by atoms with van der Waals surface area (Å²) in [6.07, 6.45) is 8.24. The molecule has 4 rings (SSSR count). The Morgan fingerprint density at radius 2 is 2.04 bits per heavy atom. The van der Waals surface area contributed by atoms with Crippen LogP contribution >= 0.6 is 0 Å². The lowest BCUT2D eigenvalue weighted by atomic mass is 10.1. The highest BCUT2D eigenvalue weighted by atomic mass is 16.2. The SMILES string of the molecule is Cc1c(C(=O)N2CCCC2c2nnc3n2CCCCC3)cnn1C. The van der Waals surface area contributed by atoms with Crippen LogP contribution in [0.15, 0.2) is 6.20 Å². The van der Waals surface area contributed by atoms with Crippen LogP contribution in [0.5, 0.6) is 0 Å². The Morgan fingerprint density at radius 1 is 1.17 bits per heavy atom. The summed E-state index contributed by atoms with van der Waals surface area (Å²) < 4.78 is 4.01. The van der Waals surface area contributed by atoms with Gasteiger partial charge in [0.25, 0.3) is 5.91 Å². The van der Waals surface area contributed by atoms with Crippen LogP contribution in [-0.4, -0.2) is 41.9 Å². The normalized spacial score (nSPS) is 20.9. The first-order valence-electron chi connectivity index (χ1n) is 8.88. The average Bonchev–Trinajstić information content (AvgIpc) is 3.24. The molecule has 1 amide bonds. The summed E-state index contributed by atoms with van der Waals surface area (Å²) in [5, 5.41) is 13.1. The number of aryl methyl sites for hydroxylation is 2. The fourth-order valence-corrected chi connectivity index (χ4v) is 3.90. The molecule has 2 aromatic heterocycles. The van der Waals surface area contributed by atoms with Crippen LogP contribution in [0.25, 0.3) is 0 Å². The summed E-state index contributed by atoms with van der Waals surface area (Å²) in [6.45, 7) is 3.69. The first-order valence-corrected chi connectivity index (χ1v) is 8.88. The standard InChI is InChI=1S/C17H24N6O/c1-12-13(11-18-21(12)2)17(24)22-10-6-7-14(22)16-20-19-15-8-4-3-5-9-23(15)16/h11,14H,3-10H2,1-2H3. The molecule has 1 saturated heterocycles. The molecule has 2 aromatic rings. The number of amides is 1. The molecule has 2 aliphatic rings. The molecule has 7 nitrogen and oxygen atoms in total. The fraction of sp³-hybridized carbons (Fsp3) is 0.647. The molecule has 1 atom stereocenters. The van der Waals surface area contributed by atoms with Gasteiger partial charge in [-0.3, -0.25) is 9.48 Å². The number of hydrogen-bond acceptors (Lipinski definition) is 4. The average molecular weight is 328 g/mol. The van der Waals surface area contributed by atoms with Gasteiger partial charge in [0.05, 0.1) is 17.8 Å². The third-order valence-electron chi connectivity index (χ3n) is 5.42. The van der Waals surface area contributed by atoms with Gasteiger partial charge in [0.2, 0.25) is 0 Å². The Labute approximate surface area is 141 Å². The van der Waals surface area contributed by atoms with Crippen LogP contribution in [0.3, 0.4) is 0 Å². The van der Waals surface area contributed by atoms with E-state index in [0.717, 1.165) is 49.7 Å². The molecule has 0 spiro atoms. The molecule has 0 saturated carbocycles. The Morgan fingerprint density at radius 3 is 2.83 bits per heavy atom. The van der Waals surface area contributed by atoms with Gasteiger partial charge in [0.1, 0.15) is 5.82 Å². The minimum Gasteiger partial charge on any atom is -0.328 e. The van der Waals surface area contributed by atoms with Gasteiger partial charge in [0, 0.05) is 32.3 Å². The molecule has 7 heteroatoms. The van der Waals surface area contributed by atoms with E-state index in [1.54, 1.807) is 10.9 Å². The van der Waals surface area contributed by atoms with E-state index in [-0.39, 0.29) is 11.9 Å². The second kappa shape index (κ2) is 6.03. The summed E-state index contributed by atoms with van der Waals surface area (Å²) in [7, 11) is 1.87. The number of rotatable bonds is 2. The molecule has 1 unspecified atom stereocenters. The highest BCUT2D eigenvalue weighted by molar-refractivity contribution is 5.95. The van der Waals surface area contributed by atoms with Gasteiger partial charge in [-0.25, -0.2) is 0 Å². The first kappa shape index (κ1) is 15.4. The molecule has 2 aliphatic heterocycles. The van der Waals surface area contributed by atoms with Crippen molar-refractivity contribution in [2.75, 3.05) is 6.54 Å². The minimum absolute atomic E-state index is 0.0384. The maximum absolute atomic E-state index is 13.0. The Kier molecular flexibility index (Phi) is 3.86. The van der Waals surface area contributed by atoms with Crippen LogP contribution in [0.4, 0.5) is 0 Å². The van der Waals surface area contributed by atoms with E-state index >= 15 is 0 Å². The molecule has 128 valence electrons. The molecule has 4 heterocycles. The van der Waals surface area contributed by atoms with Gasteiger partial charge in [0.15, 0.2) is 5.82 Å². The molecular weight excluding hydrogens is 304 g/mol. The van der Waals surface area contributed by atoms with Crippen LogP contribution < -0.4 is 0 Å². The van der Waals surface area contributed by atoms with E-state index in [2.05, 4.69) is 19.9 Å². The van der Waals surface area contributed by atoms with Crippen molar-refractivity contribution < 1.29 is 4.79 Å². The number of aromatic nitrogens is 5. The number of fused-ring (bicyclic) bond motifs is 1. The summed E-state index contributed by atoms with van der Waals surface area (Å²) >= 11 is 0. The van der Waals surface area contributed by atoms with Crippen molar-refractivity contribution in [3.05, 3.63) is 29.1 Å². The zero-order chi connectivity index (χ0) is 16.7. The van der Waals surface area contributed by atoms with E-state index in [4.69, 9.17) is 0 Å². The topological polar surface area (TPSA) is 68.8 Å². The van der Waals surface area contributed by atoms with Gasteiger partial charge < -0.3 is 9.47 Å². The van der Waals surface area contributed by atoms with E-state index in [1.165, 1.54) is 19.3 Å². The molecule has 0 bridgehead atoms. The number of nitrogens with zero attached hydrogens (tertiary/aromatic N) is 6. The van der Waals surface area contributed by atoms with Crippen molar-refractivity contribution >= 4 is 5.91 Å². The van der Waals surface area contributed by atoms with Crippen molar-refractivity contribution in [3.8, 4) is 0 Å². The highest BCUT2D eigenvalue weighted by Crippen LogP contribution is 2.33. The lowest BCUT2D eigenvalue weighted by Crippen LogP contribution is -2.32. The first-order chi connectivity index (χ1) is 11.7. The minimum atomic E-state index is 0.0384. The predicted octanol–water partition coefficient (Wildman–Crippen LogP) is 2.02. The molecule has 24 heavy (non-hydrogen) atoms. The molecular formula is C17H24N6O. The van der Waals surface area contributed by atoms with Crippen molar-refractivity contribution in [1.82, 2.24) is 29.4 Å². The van der Waals surface area contributed by atoms with Crippen LogP contribution in [0.2, 0.25) is 0 Å². The third kappa shape index (κ3) is 2.42. The zero-order valence-corrected chi connectivity index (χ0v) is 14.4. The predicted molar refractivity (Wildman–Crippen MR) is 88.5 cm³/mol. The monoisotopic (exact) mass is 328 g/mol. The zero-order valence-electron chi connectivity index (χ0n) is 14.4. The number of carbonyl (C=O) groups is 1. The Hall–Kier alpha value is -2.18. The van der Waals surface area contributed by atoms with Gasteiger partial charge in [-0.1, -0.05) is 6.42 Å². The van der Waals surface area contributed by atoms with Crippen LogP contribution in [0, 0.1) is 6.92 Å². The smallest absolute Gasteiger partial charge is 0.257 e. The van der Waals surface area contributed by atoms with Crippen molar-refractivity contribution in [1.29, 1.82) is 0 Å². The summed E-state index contributed by atoms with van der Waals surface area (Å²) in [6, 6.07) is 0.0384. The molecule has 0 radical (unpaired) electrons. The number of hydrogen-bond donors (Lipinski definition) is 0. The lowest BCUT2D eigenvalue weighted by Gasteiger charge is -2.24. The van der Waals surface area contributed by atoms with Crippen molar-refractivity contribution in [3.63, 3.8) is 0 Å². The van der Waals surface area contributed by atoms with Gasteiger partial charge in [-0.2, -0.15) is 5.10 Å². The number of carbonyl (C=O) groups excluding carboxylic acids is 1. The molecule has 0 N–H and O–H groups in total. The van der Waals surface area contributed by atoms with Gasteiger partial charge >= 0.3 is 0 Å². The number of likely N-dealkylation sites (tertiary alicyclic amines) is 1. The van der Waals surface area contributed by atoms with Crippen molar-refractivity contribution in [2.45, 2.75) is 58.0 Å². The second-order valence-corrected chi connectivity index (χ2v) is 6.86. The largest absolute Gasteiger partial charge is 0.328 e. The maximum atomic E-state index is 13.0. The van der Waals surface area contributed by atoms with Crippen LogP contribution in [-0.2, 0) is 20.0 Å². The summed E-state index contributed by atoms with van der Waals surface area (Å²) in [5.41, 5.74) is 1.60. The molecule has 0 aliphatic carbocycles. The van der Waals surface area contributed by atoms with E-state index in [9.17, 15) is 4.79 Å². The second-order valence-electron chi connectivity index (χ2n) is 6.86. The third-order valence-corrected chi connectivity index (χ3v) is 5.42. The van der Waals surface area contributed by atoms with E-state index in [1.807, 2.05) is 18.9 Å². The summed E-state index contributed by atoms with van der Waals surface area (Å²) in [5.74, 6) is 2.12. The quantitative estimate of drug-likeness (QED) is 0.846. The molecule has 1 fully saturated rings. The lowest BCUT2D eigenvalue weighted by molar-refractivity contribution is 0.0726. The highest BCUT2D eigenvalue weighted by Gasteiger charge is 2.35. The van der Waals surface area contributed by atoms with Gasteiger partial charge in [-0.15, -0.1) is 10.2 Å². The van der Waals surface area contributed by atoms with Gasteiger partial charge in [-0.05, 0) is 32.6 Å².